The van der Waals surface area contributed by atoms with Crippen LogP contribution in [0.3, 0.4) is 0 Å². The number of rotatable bonds is 5. The Kier molecular flexibility index (Phi) is 5.42. The van der Waals surface area contributed by atoms with Crippen molar-refractivity contribution in [3.05, 3.63) is 83.9 Å². The van der Waals surface area contributed by atoms with Crippen LogP contribution < -0.4 is 0 Å². The van der Waals surface area contributed by atoms with Gasteiger partial charge in [-0.2, -0.15) is 0 Å². The van der Waals surface area contributed by atoms with Crippen LogP contribution in [-0.4, -0.2) is 36.1 Å². The van der Waals surface area contributed by atoms with Crippen LogP contribution in [0, 0.1) is 0 Å². The number of hydrogen-bond donors (Lipinski definition) is 0. The normalized spacial score (nSPS) is 25.7. The van der Waals surface area contributed by atoms with Crippen LogP contribution in [0.4, 0.5) is 0 Å². The highest BCUT2D eigenvalue weighted by Crippen LogP contribution is 2.35. The molecule has 2 heterocycles. The fourth-order valence-corrected chi connectivity index (χ4v) is 3.58. The number of hydrogen-bond acceptors (Lipinski definition) is 6. The van der Waals surface area contributed by atoms with Gasteiger partial charge in [0.05, 0.1) is 0 Å². The van der Waals surface area contributed by atoms with Gasteiger partial charge in [0, 0.05) is 19.4 Å². The molecule has 6 heteroatoms. The maximum Gasteiger partial charge on any atom is 0.331 e. The van der Waals surface area contributed by atoms with Gasteiger partial charge in [0.15, 0.2) is 24.2 Å². The van der Waals surface area contributed by atoms with E-state index in [0.29, 0.717) is 12.3 Å². The molecule has 0 amide bonds. The quantitative estimate of drug-likeness (QED) is 0.732. The number of ether oxygens (including phenoxy) is 3. The minimum atomic E-state index is -0.769. The predicted molar refractivity (Wildman–Crippen MR) is 106 cm³/mol. The zero-order valence-electron chi connectivity index (χ0n) is 15.9. The average molecular weight is 391 g/mol. The van der Waals surface area contributed by atoms with E-state index in [1.807, 2.05) is 60.7 Å². The summed E-state index contributed by atoms with van der Waals surface area (Å²) in [5.41, 5.74) is 1.98. The highest BCUT2D eigenvalue weighted by Gasteiger charge is 2.45. The summed E-state index contributed by atoms with van der Waals surface area (Å²) < 4.78 is 17.1. The van der Waals surface area contributed by atoms with Crippen molar-refractivity contribution in [2.75, 3.05) is 0 Å². The molecule has 2 aliphatic heterocycles. The molecule has 148 valence electrons. The lowest BCUT2D eigenvalue weighted by molar-refractivity contribution is -0.165. The van der Waals surface area contributed by atoms with Crippen LogP contribution in [0.1, 0.15) is 24.2 Å². The van der Waals surface area contributed by atoms with Crippen molar-refractivity contribution in [2.24, 2.45) is 4.99 Å². The molecule has 0 unspecified atom stereocenters. The van der Waals surface area contributed by atoms with Crippen LogP contribution in [0.15, 0.2) is 77.8 Å². The van der Waals surface area contributed by atoms with Gasteiger partial charge in [-0.3, -0.25) is 4.79 Å². The van der Waals surface area contributed by atoms with Crippen molar-refractivity contribution in [3.63, 3.8) is 0 Å². The molecule has 0 radical (unpaired) electrons. The van der Waals surface area contributed by atoms with Crippen molar-refractivity contribution in [1.29, 1.82) is 0 Å². The molecule has 0 aromatic heterocycles. The molecular weight excluding hydrogens is 370 g/mol. The van der Waals surface area contributed by atoms with Crippen molar-refractivity contribution in [2.45, 2.75) is 37.7 Å². The summed E-state index contributed by atoms with van der Waals surface area (Å²) in [4.78, 5) is 28.2. The number of benzene rings is 2. The first kappa shape index (κ1) is 18.9. The number of carbonyl (C=O) groups is 2. The van der Waals surface area contributed by atoms with E-state index in [-0.39, 0.29) is 0 Å². The average Bonchev–Trinajstić information content (AvgIpc) is 3.14. The fraction of sp³-hybridized carbons (Fsp3) is 0.261. The summed E-state index contributed by atoms with van der Waals surface area (Å²) in [6.07, 6.45) is 1.41. The van der Waals surface area contributed by atoms with Crippen molar-refractivity contribution in [1.82, 2.24) is 0 Å². The Morgan fingerprint density at radius 2 is 1.72 bits per heavy atom. The summed E-state index contributed by atoms with van der Waals surface area (Å²) in [6, 6.07) is 19.0. The first-order valence-corrected chi connectivity index (χ1v) is 9.48. The Balaban J connectivity index is 1.66. The molecule has 0 fully saturated rings. The summed E-state index contributed by atoms with van der Waals surface area (Å²) >= 11 is 0. The Bertz CT molecular complexity index is 938. The Morgan fingerprint density at radius 3 is 2.41 bits per heavy atom. The van der Waals surface area contributed by atoms with Gasteiger partial charge in [0.2, 0.25) is 0 Å². The van der Waals surface area contributed by atoms with E-state index >= 15 is 0 Å². The molecule has 4 atom stereocenters. The van der Waals surface area contributed by atoms with Gasteiger partial charge in [-0.15, -0.1) is 0 Å². The third kappa shape index (κ3) is 4.37. The minimum absolute atomic E-state index is 0.447. The van der Waals surface area contributed by atoms with E-state index in [1.165, 1.54) is 13.0 Å². The molecular formula is C23H21NO5. The third-order valence-electron chi connectivity index (χ3n) is 4.83. The van der Waals surface area contributed by atoms with Crippen LogP contribution in [0.2, 0.25) is 0 Å². The van der Waals surface area contributed by atoms with Crippen LogP contribution in [-0.2, 0) is 30.2 Å². The van der Waals surface area contributed by atoms with E-state index in [0.717, 1.165) is 11.1 Å². The van der Waals surface area contributed by atoms with Crippen LogP contribution in [0.5, 0.6) is 0 Å². The first-order chi connectivity index (χ1) is 14.1. The maximum atomic E-state index is 11.9. The summed E-state index contributed by atoms with van der Waals surface area (Å²) in [7, 11) is 0. The molecule has 4 rings (SSSR count). The van der Waals surface area contributed by atoms with Crippen molar-refractivity contribution in [3.8, 4) is 0 Å². The molecule has 0 N–H and O–H groups in total. The Labute approximate surface area is 168 Å². The van der Waals surface area contributed by atoms with Gasteiger partial charge in [-0.1, -0.05) is 60.7 Å². The Morgan fingerprint density at radius 1 is 1.03 bits per heavy atom. The molecule has 0 bridgehead atoms. The molecule has 2 aliphatic rings. The van der Waals surface area contributed by atoms with Gasteiger partial charge in [-0.05, 0) is 17.2 Å². The molecule has 0 spiro atoms. The summed E-state index contributed by atoms with van der Waals surface area (Å²) in [5, 5.41) is 0. The standard InChI is InChI=1S/C23H21NO5/c1-15(25)27-18-12-13-20(26)29-23(18)21-22(17-10-6-3-7-11-17)28-19(24-21)14-16-8-4-2-5-9-16/h2-13,18,21-23H,14H2,1H3/t18-,21-,22+,23-/m0/s1. The van der Waals surface area contributed by atoms with E-state index in [1.54, 1.807) is 6.08 Å². The second kappa shape index (κ2) is 8.31. The molecule has 0 saturated carbocycles. The number of nitrogens with zero attached hydrogens (tertiary/aromatic N) is 1. The van der Waals surface area contributed by atoms with E-state index < -0.39 is 36.3 Å². The van der Waals surface area contributed by atoms with Gasteiger partial charge < -0.3 is 14.2 Å². The van der Waals surface area contributed by atoms with E-state index in [2.05, 4.69) is 0 Å². The highest BCUT2D eigenvalue weighted by atomic mass is 16.6. The number of cyclic esters (lactones) is 1. The smallest absolute Gasteiger partial charge is 0.331 e. The molecule has 29 heavy (non-hydrogen) atoms. The van der Waals surface area contributed by atoms with Gasteiger partial charge in [0.1, 0.15) is 6.04 Å². The zero-order chi connectivity index (χ0) is 20.2. The van der Waals surface area contributed by atoms with Gasteiger partial charge in [-0.25, -0.2) is 9.79 Å². The number of aliphatic imine (C=N–C) groups is 1. The minimum Gasteiger partial charge on any atom is -0.470 e. The SMILES string of the molecule is CC(=O)O[C@H]1C=CC(=O)O[C@@H]1[C@H]1N=C(Cc2ccccc2)O[C@@H]1c1ccccc1. The Hall–Kier alpha value is -3.41. The second-order valence-electron chi connectivity index (χ2n) is 6.96. The topological polar surface area (TPSA) is 74.2 Å². The fourth-order valence-electron chi connectivity index (χ4n) is 3.58. The van der Waals surface area contributed by atoms with E-state index in [9.17, 15) is 9.59 Å². The third-order valence-corrected chi connectivity index (χ3v) is 4.83. The summed E-state index contributed by atoms with van der Waals surface area (Å²) in [6.45, 7) is 1.32. The zero-order valence-corrected chi connectivity index (χ0v) is 15.9. The van der Waals surface area contributed by atoms with Crippen LogP contribution in [0.25, 0.3) is 0 Å². The molecule has 0 saturated heterocycles. The lowest BCUT2D eigenvalue weighted by atomic mass is 9.94. The number of esters is 2. The molecule has 6 nitrogen and oxygen atoms in total. The van der Waals surface area contributed by atoms with Gasteiger partial charge >= 0.3 is 11.9 Å². The molecule has 2 aromatic rings. The lowest BCUT2D eigenvalue weighted by Gasteiger charge is -2.31. The number of carbonyl (C=O) groups excluding carboxylic acids is 2. The van der Waals surface area contributed by atoms with Gasteiger partial charge in [0.25, 0.3) is 0 Å². The monoisotopic (exact) mass is 391 g/mol. The van der Waals surface area contributed by atoms with Crippen molar-refractivity contribution >= 4 is 17.8 Å². The van der Waals surface area contributed by atoms with Crippen molar-refractivity contribution < 1.29 is 23.8 Å². The van der Waals surface area contributed by atoms with Crippen LogP contribution >= 0.6 is 0 Å². The largest absolute Gasteiger partial charge is 0.470 e. The molecule has 0 aliphatic carbocycles. The highest BCUT2D eigenvalue weighted by molar-refractivity contribution is 5.84. The van der Waals surface area contributed by atoms with E-state index in [4.69, 9.17) is 19.2 Å². The lowest BCUT2D eigenvalue weighted by Crippen LogP contribution is -2.45. The predicted octanol–water partition coefficient (Wildman–Crippen LogP) is 3.18. The second-order valence-corrected chi connectivity index (χ2v) is 6.96. The molecule has 2 aromatic carbocycles. The summed E-state index contributed by atoms with van der Waals surface area (Å²) in [5.74, 6) is -0.384. The first-order valence-electron chi connectivity index (χ1n) is 9.48. The maximum absolute atomic E-state index is 11.9.